The minimum atomic E-state index is -0.419. The highest BCUT2D eigenvalue weighted by Crippen LogP contribution is 2.32. The van der Waals surface area contributed by atoms with Gasteiger partial charge in [-0.05, 0) is 33.3 Å². The fraction of sp³-hybridized carbons (Fsp3) is 0.476. The first-order valence-corrected chi connectivity index (χ1v) is 10.0. The number of H-pyrrole nitrogens is 1. The third-order valence-corrected chi connectivity index (χ3v) is 4.98. The lowest BCUT2D eigenvalue weighted by Gasteiger charge is -2.37. The monoisotopic (exact) mass is 399 g/mol. The quantitative estimate of drug-likeness (QED) is 0.700. The fourth-order valence-electron chi connectivity index (χ4n) is 3.66. The second-order valence-corrected chi connectivity index (χ2v) is 7.71. The number of benzene rings is 1. The number of hydrogen-bond acceptors (Lipinski definition) is 6. The summed E-state index contributed by atoms with van der Waals surface area (Å²) in [5.41, 5.74) is 1.92. The first kappa shape index (κ1) is 19.6. The summed E-state index contributed by atoms with van der Waals surface area (Å²) in [5, 5.41) is 8.03. The lowest BCUT2D eigenvalue weighted by atomic mass is 10.1. The molecule has 0 saturated carbocycles. The van der Waals surface area contributed by atoms with Gasteiger partial charge in [-0.15, -0.1) is 0 Å². The average Bonchev–Trinajstić information content (AvgIpc) is 3.10. The molecule has 7 nitrogen and oxygen atoms in total. The van der Waals surface area contributed by atoms with Crippen LogP contribution >= 0.6 is 0 Å². The van der Waals surface area contributed by atoms with Gasteiger partial charge in [0.1, 0.15) is 17.8 Å². The van der Waals surface area contributed by atoms with Crippen LogP contribution in [-0.4, -0.2) is 51.6 Å². The first-order valence-electron chi connectivity index (χ1n) is 10.0. The predicted molar refractivity (Wildman–Crippen MR) is 110 cm³/mol. The Morgan fingerprint density at radius 3 is 2.86 bits per heavy atom. The van der Waals surface area contributed by atoms with E-state index < -0.39 is 5.82 Å². The summed E-state index contributed by atoms with van der Waals surface area (Å²) in [6, 6.07) is 5.00. The van der Waals surface area contributed by atoms with Crippen molar-refractivity contribution in [3.8, 4) is 17.1 Å². The lowest BCUT2D eigenvalue weighted by molar-refractivity contribution is -0.0174. The van der Waals surface area contributed by atoms with Gasteiger partial charge < -0.3 is 14.4 Å². The van der Waals surface area contributed by atoms with Crippen LogP contribution in [0.3, 0.4) is 0 Å². The van der Waals surface area contributed by atoms with Gasteiger partial charge in [0.2, 0.25) is 0 Å². The van der Waals surface area contributed by atoms with Gasteiger partial charge in [-0.3, -0.25) is 5.10 Å². The molecule has 1 aliphatic heterocycles. The Morgan fingerprint density at radius 1 is 1.28 bits per heavy atom. The summed E-state index contributed by atoms with van der Waals surface area (Å²) in [4.78, 5) is 11.1. The van der Waals surface area contributed by atoms with Crippen LogP contribution in [0.5, 0.6) is 5.75 Å². The number of nitrogens with one attached hydrogen (secondary N) is 1. The van der Waals surface area contributed by atoms with Gasteiger partial charge in [-0.2, -0.15) is 5.10 Å². The van der Waals surface area contributed by atoms with Crippen molar-refractivity contribution in [2.75, 3.05) is 18.0 Å². The van der Waals surface area contributed by atoms with Gasteiger partial charge >= 0.3 is 0 Å². The fourth-order valence-corrected chi connectivity index (χ4v) is 3.66. The molecular formula is C21H26FN5O2. The maximum absolute atomic E-state index is 14.3. The zero-order valence-electron chi connectivity index (χ0n) is 17.1. The molecule has 1 aromatic carbocycles. The first-order chi connectivity index (χ1) is 13.9. The molecule has 0 radical (unpaired) electrons. The lowest BCUT2D eigenvalue weighted by Crippen LogP contribution is -2.46. The second kappa shape index (κ2) is 7.94. The van der Waals surface area contributed by atoms with Crippen molar-refractivity contribution in [2.24, 2.45) is 0 Å². The van der Waals surface area contributed by atoms with Crippen molar-refractivity contribution < 1.29 is 13.9 Å². The summed E-state index contributed by atoms with van der Waals surface area (Å²) in [7, 11) is 0. The Labute approximate surface area is 169 Å². The van der Waals surface area contributed by atoms with E-state index in [2.05, 4.69) is 38.9 Å². The van der Waals surface area contributed by atoms with Gasteiger partial charge in [0.05, 0.1) is 29.5 Å². The smallest absolute Gasteiger partial charge is 0.167 e. The molecule has 8 heteroatoms. The highest BCUT2D eigenvalue weighted by Gasteiger charge is 2.25. The van der Waals surface area contributed by atoms with E-state index >= 15 is 0 Å². The SMILES string of the molecule is CCC1CN(c2cc(-c3n[nH]c4cc(F)c(OC(C)C)cc34)ncn2)CC(C)O1. The molecule has 29 heavy (non-hydrogen) atoms. The van der Waals surface area contributed by atoms with Crippen molar-refractivity contribution >= 4 is 16.7 Å². The normalized spacial score (nSPS) is 19.9. The van der Waals surface area contributed by atoms with E-state index in [9.17, 15) is 4.39 Å². The number of anilines is 1. The third kappa shape index (κ3) is 4.03. The molecule has 0 spiro atoms. The molecule has 2 unspecified atom stereocenters. The number of nitrogens with zero attached hydrogens (tertiary/aromatic N) is 4. The molecule has 1 fully saturated rings. The minimum absolute atomic E-state index is 0.127. The Kier molecular flexibility index (Phi) is 5.36. The molecule has 0 bridgehead atoms. The molecule has 0 amide bonds. The predicted octanol–water partition coefficient (Wildman–Crippen LogP) is 3.95. The highest BCUT2D eigenvalue weighted by atomic mass is 19.1. The van der Waals surface area contributed by atoms with Gasteiger partial charge in [-0.25, -0.2) is 14.4 Å². The van der Waals surface area contributed by atoms with Crippen LogP contribution in [0, 0.1) is 5.82 Å². The average molecular weight is 399 g/mol. The Morgan fingerprint density at radius 2 is 2.10 bits per heavy atom. The maximum Gasteiger partial charge on any atom is 0.167 e. The van der Waals surface area contributed by atoms with E-state index in [1.165, 1.54) is 6.07 Å². The number of rotatable bonds is 5. The minimum Gasteiger partial charge on any atom is -0.488 e. The molecule has 1 saturated heterocycles. The van der Waals surface area contributed by atoms with Gasteiger partial charge in [-0.1, -0.05) is 6.92 Å². The zero-order chi connectivity index (χ0) is 20.5. The van der Waals surface area contributed by atoms with Crippen molar-refractivity contribution in [1.29, 1.82) is 0 Å². The Hall–Kier alpha value is -2.74. The molecule has 154 valence electrons. The maximum atomic E-state index is 14.3. The van der Waals surface area contributed by atoms with E-state index in [1.54, 1.807) is 12.4 Å². The zero-order valence-corrected chi connectivity index (χ0v) is 17.1. The number of hydrogen-bond donors (Lipinski definition) is 1. The number of aromatic amines is 1. The summed E-state index contributed by atoms with van der Waals surface area (Å²) in [6.07, 6.45) is 2.69. The number of morpholine rings is 1. The Balaban J connectivity index is 1.70. The van der Waals surface area contributed by atoms with E-state index in [0.29, 0.717) is 16.9 Å². The van der Waals surface area contributed by atoms with Crippen LogP contribution in [0.2, 0.25) is 0 Å². The molecule has 1 aliphatic rings. The molecule has 2 atom stereocenters. The second-order valence-electron chi connectivity index (χ2n) is 7.71. The third-order valence-electron chi connectivity index (χ3n) is 4.98. The van der Waals surface area contributed by atoms with Gasteiger partial charge in [0.25, 0.3) is 0 Å². The van der Waals surface area contributed by atoms with E-state index in [0.717, 1.165) is 30.7 Å². The number of fused-ring (bicyclic) bond motifs is 1. The summed E-state index contributed by atoms with van der Waals surface area (Å²) in [6.45, 7) is 9.48. The summed E-state index contributed by atoms with van der Waals surface area (Å²) in [5.74, 6) is 0.621. The van der Waals surface area contributed by atoms with Gasteiger partial charge in [0.15, 0.2) is 11.6 Å². The largest absolute Gasteiger partial charge is 0.488 e. The van der Waals surface area contributed by atoms with Crippen molar-refractivity contribution in [3.63, 3.8) is 0 Å². The number of ether oxygens (including phenoxy) is 2. The molecular weight excluding hydrogens is 373 g/mol. The molecule has 1 N–H and O–H groups in total. The molecule has 3 aromatic rings. The Bertz CT molecular complexity index is 1010. The van der Waals surface area contributed by atoms with Crippen LogP contribution < -0.4 is 9.64 Å². The highest BCUT2D eigenvalue weighted by molar-refractivity contribution is 5.93. The van der Waals surface area contributed by atoms with Crippen LogP contribution in [0.4, 0.5) is 10.2 Å². The molecule has 2 aromatic heterocycles. The van der Waals surface area contributed by atoms with Crippen LogP contribution in [0.25, 0.3) is 22.3 Å². The van der Waals surface area contributed by atoms with E-state index in [1.807, 2.05) is 19.9 Å². The molecule has 3 heterocycles. The van der Waals surface area contributed by atoms with Crippen molar-refractivity contribution in [1.82, 2.24) is 20.2 Å². The summed E-state index contributed by atoms with van der Waals surface area (Å²) < 4.78 is 25.8. The topological polar surface area (TPSA) is 76.2 Å². The van der Waals surface area contributed by atoms with Gasteiger partial charge in [0, 0.05) is 30.6 Å². The number of halogens is 1. The van der Waals surface area contributed by atoms with E-state index in [4.69, 9.17) is 9.47 Å². The van der Waals surface area contributed by atoms with Crippen LogP contribution in [-0.2, 0) is 4.74 Å². The summed E-state index contributed by atoms with van der Waals surface area (Å²) >= 11 is 0. The van der Waals surface area contributed by atoms with Crippen LogP contribution in [0.1, 0.15) is 34.1 Å². The van der Waals surface area contributed by atoms with Crippen LogP contribution in [0.15, 0.2) is 24.5 Å². The van der Waals surface area contributed by atoms with Crippen molar-refractivity contribution in [2.45, 2.75) is 52.4 Å². The number of aromatic nitrogens is 4. The molecule has 4 rings (SSSR count). The standard InChI is InChI=1S/C21H26FN5O2/c1-5-14-10-27(9-13(4)29-14)20-8-18(23-11-24-20)21-15-6-19(28-12(2)3)16(22)7-17(15)25-26-21/h6-8,11-14H,5,9-10H2,1-4H3,(H,25,26). The van der Waals surface area contributed by atoms with Crippen molar-refractivity contribution in [3.05, 3.63) is 30.3 Å². The molecule has 0 aliphatic carbocycles. The van der Waals surface area contributed by atoms with E-state index in [-0.39, 0.29) is 24.1 Å².